The summed E-state index contributed by atoms with van der Waals surface area (Å²) in [4.78, 5) is 0. The maximum Gasteiger partial charge on any atom is 0.134 e. The molecule has 2 rings (SSSR count). The van der Waals surface area contributed by atoms with Gasteiger partial charge in [-0.05, 0) is 24.1 Å². The Balaban J connectivity index is 2.22. The van der Waals surface area contributed by atoms with Gasteiger partial charge in [0.15, 0.2) is 0 Å². The van der Waals surface area contributed by atoms with E-state index in [-0.39, 0.29) is 5.82 Å². The van der Waals surface area contributed by atoms with E-state index in [1.807, 2.05) is 36.4 Å². The molecule has 0 aliphatic rings. The molecule has 2 heteroatoms. The van der Waals surface area contributed by atoms with E-state index in [2.05, 4.69) is 6.92 Å². The molecule has 0 aliphatic carbocycles. The van der Waals surface area contributed by atoms with Crippen molar-refractivity contribution in [1.82, 2.24) is 0 Å². The van der Waals surface area contributed by atoms with E-state index >= 15 is 0 Å². The minimum Gasteiger partial charge on any atom is -0.493 e. The maximum absolute atomic E-state index is 14.0. The molecule has 0 saturated carbocycles. The Morgan fingerprint density at radius 1 is 0.947 bits per heavy atom. The summed E-state index contributed by atoms with van der Waals surface area (Å²) in [7, 11) is 0. The molecule has 0 radical (unpaired) electrons. The molecule has 0 N–H and O–H groups in total. The molecule has 100 valence electrons. The minimum absolute atomic E-state index is 0.237. The average Bonchev–Trinajstić information content (AvgIpc) is 2.45. The zero-order chi connectivity index (χ0) is 13.5. The van der Waals surface area contributed by atoms with Crippen molar-refractivity contribution in [2.45, 2.75) is 26.2 Å². The molecule has 0 unspecified atom stereocenters. The van der Waals surface area contributed by atoms with Crippen LogP contribution < -0.4 is 4.74 Å². The highest BCUT2D eigenvalue weighted by atomic mass is 19.1. The van der Waals surface area contributed by atoms with Gasteiger partial charge in [0, 0.05) is 0 Å². The molecular weight excluding hydrogens is 239 g/mol. The molecule has 0 bridgehead atoms. The standard InChI is InChI=1S/C17H19FO/c1-2-3-7-13-19-16-12-8-11-15(18)17(16)14-9-5-4-6-10-14/h4-6,8-12H,2-3,7,13H2,1H3. The summed E-state index contributed by atoms with van der Waals surface area (Å²) >= 11 is 0. The smallest absolute Gasteiger partial charge is 0.134 e. The summed E-state index contributed by atoms with van der Waals surface area (Å²) < 4.78 is 19.8. The number of unbranched alkanes of at least 4 members (excludes halogenated alkanes) is 2. The van der Waals surface area contributed by atoms with Crippen molar-refractivity contribution in [2.75, 3.05) is 6.61 Å². The Bertz CT molecular complexity index is 508. The normalized spacial score (nSPS) is 10.4. The molecule has 2 aromatic carbocycles. The molecular formula is C17H19FO. The second-order valence-corrected chi connectivity index (χ2v) is 4.53. The van der Waals surface area contributed by atoms with Crippen LogP contribution in [0, 0.1) is 5.82 Å². The number of rotatable bonds is 6. The summed E-state index contributed by atoms with van der Waals surface area (Å²) in [6.07, 6.45) is 3.29. The number of hydrogen-bond acceptors (Lipinski definition) is 1. The van der Waals surface area contributed by atoms with E-state index in [4.69, 9.17) is 4.74 Å². The van der Waals surface area contributed by atoms with Crippen LogP contribution >= 0.6 is 0 Å². The van der Waals surface area contributed by atoms with Gasteiger partial charge in [0.2, 0.25) is 0 Å². The first-order valence-electron chi connectivity index (χ1n) is 6.79. The molecule has 0 spiro atoms. The van der Waals surface area contributed by atoms with Crippen LogP contribution in [0.1, 0.15) is 26.2 Å². The van der Waals surface area contributed by atoms with Gasteiger partial charge >= 0.3 is 0 Å². The number of ether oxygens (including phenoxy) is 1. The topological polar surface area (TPSA) is 9.23 Å². The third-order valence-corrected chi connectivity index (χ3v) is 3.04. The summed E-state index contributed by atoms with van der Waals surface area (Å²) in [5.74, 6) is 0.390. The van der Waals surface area contributed by atoms with Crippen molar-refractivity contribution in [3.63, 3.8) is 0 Å². The van der Waals surface area contributed by atoms with Crippen molar-refractivity contribution in [3.8, 4) is 16.9 Å². The van der Waals surface area contributed by atoms with Crippen molar-refractivity contribution in [1.29, 1.82) is 0 Å². The molecule has 0 aromatic heterocycles. The average molecular weight is 258 g/mol. The fraction of sp³-hybridized carbons (Fsp3) is 0.294. The quantitative estimate of drug-likeness (QED) is 0.658. The zero-order valence-corrected chi connectivity index (χ0v) is 11.2. The zero-order valence-electron chi connectivity index (χ0n) is 11.2. The molecule has 19 heavy (non-hydrogen) atoms. The summed E-state index contributed by atoms with van der Waals surface area (Å²) in [5.41, 5.74) is 1.41. The third kappa shape index (κ3) is 3.57. The van der Waals surface area contributed by atoms with Crippen LogP contribution in [0.15, 0.2) is 48.5 Å². The minimum atomic E-state index is -0.237. The highest BCUT2D eigenvalue weighted by molar-refractivity contribution is 5.70. The van der Waals surface area contributed by atoms with Crippen LogP contribution in [0.3, 0.4) is 0 Å². The highest BCUT2D eigenvalue weighted by Crippen LogP contribution is 2.32. The molecule has 0 amide bonds. The van der Waals surface area contributed by atoms with Gasteiger partial charge in [-0.3, -0.25) is 0 Å². The molecule has 0 aliphatic heterocycles. The van der Waals surface area contributed by atoms with Gasteiger partial charge in [0.25, 0.3) is 0 Å². The fourth-order valence-electron chi connectivity index (χ4n) is 2.04. The van der Waals surface area contributed by atoms with E-state index in [0.717, 1.165) is 24.8 Å². The maximum atomic E-state index is 14.0. The van der Waals surface area contributed by atoms with E-state index in [9.17, 15) is 4.39 Å². The second kappa shape index (κ2) is 6.93. The third-order valence-electron chi connectivity index (χ3n) is 3.04. The lowest BCUT2D eigenvalue weighted by molar-refractivity contribution is 0.306. The van der Waals surface area contributed by atoms with Crippen molar-refractivity contribution >= 4 is 0 Å². The van der Waals surface area contributed by atoms with Gasteiger partial charge in [-0.1, -0.05) is 56.2 Å². The molecule has 0 saturated heterocycles. The van der Waals surface area contributed by atoms with Crippen LogP contribution in [-0.2, 0) is 0 Å². The monoisotopic (exact) mass is 258 g/mol. The first kappa shape index (κ1) is 13.6. The van der Waals surface area contributed by atoms with Crippen LogP contribution in [0.25, 0.3) is 11.1 Å². The first-order valence-corrected chi connectivity index (χ1v) is 6.79. The predicted molar refractivity (Wildman–Crippen MR) is 76.9 cm³/mol. The summed E-state index contributed by atoms with van der Waals surface area (Å²) in [6, 6.07) is 14.5. The van der Waals surface area contributed by atoms with Gasteiger partial charge < -0.3 is 4.74 Å². The Morgan fingerprint density at radius 3 is 2.47 bits per heavy atom. The molecule has 0 fully saturated rings. The Labute approximate surface area is 114 Å². The van der Waals surface area contributed by atoms with Crippen LogP contribution in [0.4, 0.5) is 4.39 Å². The van der Waals surface area contributed by atoms with Gasteiger partial charge in [0.1, 0.15) is 11.6 Å². The van der Waals surface area contributed by atoms with Gasteiger partial charge in [0.05, 0.1) is 12.2 Å². The lowest BCUT2D eigenvalue weighted by Crippen LogP contribution is -1.99. The highest BCUT2D eigenvalue weighted by Gasteiger charge is 2.11. The van der Waals surface area contributed by atoms with Crippen molar-refractivity contribution in [3.05, 3.63) is 54.3 Å². The Morgan fingerprint density at radius 2 is 1.74 bits per heavy atom. The molecule has 0 atom stereocenters. The predicted octanol–water partition coefficient (Wildman–Crippen LogP) is 5.06. The lowest BCUT2D eigenvalue weighted by atomic mass is 10.0. The van der Waals surface area contributed by atoms with E-state index in [0.29, 0.717) is 17.9 Å². The van der Waals surface area contributed by atoms with Gasteiger partial charge in [-0.2, -0.15) is 0 Å². The molecule has 0 heterocycles. The van der Waals surface area contributed by atoms with E-state index < -0.39 is 0 Å². The molecule has 1 nitrogen and oxygen atoms in total. The van der Waals surface area contributed by atoms with Crippen LogP contribution in [0.2, 0.25) is 0 Å². The number of halogens is 1. The molecule has 2 aromatic rings. The fourth-order valence-corrected chi connectivity index (χ4v) is 2.04. The van der Waals surface area contributed by atoms with E-state index in [1.54, 1.807) is 6.07 Å². The summed E-state index contributed by atoms with van der Waals surface area (Å²) in [6.45, 7) is 2.79. The van der Waals surface area contributed by atoms with Crippen molar-refractivity contribution in [2.24, 2.45) is 0 Å². The number of hydrogen-bond donors (Lipinski definition) is 0. The Hall–Kier alpha value is -1.83. The van der Waals surface area contributed by atoms with Gasteiger partial charge in [-0.25, -0.2) is 4.39 Å². The van der Waals surface area contributed by atoms with Crippen LogP contribution in [-0.4, -0.2) is 6.61 Å². The first-order chi connectivity index (χ1) is 9.33. The summed E-state index contributed by atoms with van der Waals surface area (Å²) in [5, 5.41) is 0. The van der Waals surface area contributed by atoms with Crippen molar-refractivity contribution < 1.29 is 9.13 Å². The lowest BCUT2D eigenvalue weighted by Gasteiger charge is -2.12. The second-order valence-electron chi connectivity index (χ2n) is 4.53. The largest absolute Gasteiger partial charge is 0.493 e. The Kier molecular flexibility index (Phi) is 4.96. The van der Waals surface area contributed by atoms with E-state index in [1.165, 1.54) is 6.07 Å². The SMILES string of the molecule is CCCCCOc1cccc(F)c1-c1ccccc1. The number of benzene rings is 2. The van der Waals surface area contributed by atoms with Crippen LogP contribution in [0.5, 0.6) is 5.75 Å². The van der Waals surface area contributed by atoms with Gasteiger partial charge in [-0.15, -0.1) is 0 Å².